The van der Waals surface area contributed by atoms with E-state index in [9.17, 15) is 4.79 Å². The zero-order valence-corrected chi connectivity index (χ0v) is 19.3. The van der Waals surface area contributed by atoms with Gasteiger partial charge in [0.15, 0.2) is 0 Å². The predicted molar refractivity (Wildman–Crippen MR) is 134 cm³/mol. The van der Waals surface area contributed by atoms with Gasteiger partial charge in [0, 0.05) is 42.5 Å². The van der Waals surface area contributed by atoms with E-state index in [1.807, 2.05) is 62.8 Å². The Hall–Kier alpha value is -3.57. The lowest BCUT2D eigenvalue weighted by Gasteiger charge is -2.19. The number of ether oxygens (including phenoxy) is 1. The molecule has 0 aliphatic heterocycles. The zero-order chi connectivity index (χ0) is 23.0. The molecule has 1 amide bonds. The summed E-state index contributed by atoms with van der Waals surface area (Å²) in [5.74, 6) is 0.762. The first kappa shape index (κ1) is 22.6. The van der Waals surface area contributed by atoms with Gasteiger partial charge in [0.2, 0.25) is 5.91 Å². The van der Waals surface area contributed by atoms with Crippen LogP contribution in [0.3, 0.4) is 0 Å². The Kier molecular flexibility index (Phi) is 7.43. The van der Waals surface area contributed by atoms with Crippen molar-refractivity contribution >= 4 is 16.8 Å². The van der Waals surface area contributed by atoms with E-state index >= 15 is 0 Å². The first-order chi connectivity index (χ1) is 16.1. The third-order valence-corrected chi connectivity index (χ3v) is 5.78. The number of rotatable bonds is 10. The van der Waals surface area contributed by atoms with E-state index in [1.54, 1.807) is 0 Å². The lowest BCUT2D eigenvalue weighted by atomic mass is 9.88. The molecular formula is C28H31N3O2. The molecule has 5 heteroatoms. The van der Waals surface area contributed by atoms with Crippen molar-refractivity contribution in [2.24, 2.45) is 0 Å². The fraction of sp³-hybridized carbons (Fsp3) is 0.250. The summed E-state index contributed by atoms with van der Waals surface area (Å²) in [7, 11) is 4.00. The third kappa shape index (κ3) is 6.02. The number of carbonyl (C=O) groups is 1. The van der Waals surface area contributed by atoms with E-state index in [0.29, 0.717) is 19.6 Å². The fourth-order valence-electron chi connectivity index (χ4n) is 4.03. The van der Waals surface area contributed by atoms with E-state index in [0.717, 1.165) is 39.9 Å². The van der Waals surface area contributed by atoms with Crippen molar-refractivity contribution in [2.75, 3.05) is 27.2 Å². The van der Waals surface area contributed by atoms with Crippen molar-refractivity contribution in [3.05, 3.63) is 102 Å². The standard InChI is InChI=1S/C28H31N3O2/c1-31(2)16-15-29-28(32)18-25(26-19-30-27-14-7-6-13-24(26)27)22-11-8-12-23(17-22)33-20-21-9-4-3-5-10-21/h3-14,17,19,25,30H,15-16,18,20H2,1-2H3,(H,29,32). The highest BCUT2D eigenvalue weighted by atomic mass is 16.5. The molecule has 1 atom stereocenters. The van der Waals surface area contributed by atoms with Gasteiger partial charge in [0.25, 0.3) is 0 Å². The molecule has 1 heterocycles. The molecule has 0 bridgehead atoms. The average Bonchev–Trinajstić information content (AvgIpc) is 3.26. The number of carbonyl (C=O) groups excluding carboxylic acids is 1. The van der Waals surface area contributed by atoms with Crippen LogP contribution in [0.5, 0.6) is 5.75 Å². The van der Waals surface area contributed by atoms with E-state index in [1.165, 1.54) is 0 Å². The molecule has 4 rings (SSSR count). The first-order valence-electron chi connectivity index (χ1n) is 11.3. The van der Waals surface area contributed by atoms with Crippen molar-refractivity contribution < 1.29 is 9.53 Å². The minimum Gasteiger partial charge on any atom is -0.489 e. The molecule has 0 fully saturated rings. The van der Waals surface area contributed by atoms with Crippen molar-refractivity contribution in [3.63, 3.8) is 0 Å². The van der Waals surface area contributed by atoms with Gasteiger partial charge in [0.1, 0.15) is 12.4 Å². The van der Waals surface area contributed by atoms with Gasteiger partial charge in [0.05, 0.1) is 0 Å². The monoisotopic (exact) mass is 441 g/mol. The molecule has 1 aromatic heterocycles. The Morgan fingerprint density at radius 2 is 1.79 bits per heavy atom. The Morgan fingerprint density at radius 3 is 2.61 bits per heavy atom. The minimum absolute atomic E-state index is 0.0442. The number of amides is 1. The van der Waals surface area contributed by atoms with Crippen LogP contribution in [-0.4, -0.2) is 43.0 Å². The van der Waals surface area contributed by atoms with Gasteiger partial charge >= 0.3 is 0 Å². The van der Waals surface area contributed by atoms with Crippen LogP contribution in [0, 0.1) is 0 Å². The van der Waals surface area contributed by atoms with Crippen LogP contribution in [0.4, 0.5) is 0 Å². The summed E-state index contributed by atoms with van der Waals surface area (Å²) < 4.78 is 6.07. The van der Waals surface area contributed by atoms with Crippen molar-refractivity contribution in [2.45, 2.75) is 18.9 Å². The quantitative estimate of drug-likeness (QED) is 0.366. The van der Waals surface area contributed by atoms with Crippen LogP contribution in [0.2, 0.25) is 0 Å². The Balaban J connectivity index is 1.58. The SMILES string of the molecule is CN(C)CCNC(=O)CC(c1cccc(OCc2ccccc2)c1)c1c[nH]c2ccccc12. The lowest BCUT2D eigenvalue weighted by molar-refractivity contribution is -0.121. The number of nitrogens with one attached hydrogen (secondary N) is 2. The molecule has 0 radical (unpaired) electrons. The van der Waals surface area contributed by atoms with Gasteiger partial charge in [-0.1, -0.05) is 60.7 Å². The normalized spacial score (nSPS) is 12.1. The topological polar surface area (TPSA) is 57.4 Å². The summed E-state index contributed by atoms with van der Waals surface area (Å²) in [6.07, 6.45) is 2.40. The second kappa shape index (κ2) is 10.8. The van der Waals surface area contributed by atoms with Crippen molar-refractivity contribution in [1.29, 1.82) is 0 Å². The number of aromatic nitrogens is 1. The van der Waals surface area contributed by atoms with E-state index in [2.05, 4.69) is 51.6 Å². The smallest absolute Gasteiger partial charge is 0.220 e. The number of fused-ring (bicyclic) bond motifs is 1. The van der Waals surface area contributed by atoms with Gasteiger partial charge in [-0.15, -0.1) is 0 Å². The van der Waals surface area contributed by atoms with Gasteiger partial charge in [-0.3, -0.25) is 4.79 Å². The summed E-state index contributed by atoms with van der Waals surface area (Å²) >= 11 is 0. The summed E-state index contributed by atoms with van der Waals surface area (Å²) in [5.41, 5.74) is 4.37. The summed E-state index contributed by atoms with van der Waals surface area (Å²) in [6, 6.07) is 26.5. The minimum atomic E-state index is -0.0826. The lowest BCUT2D eigenvalue weighted by Crippen LogP contribution is -2.32. The number of aromatic amines is 1. The van der Waals surface area contributed by atoms with Gasteiger partial charge in [-0.05, 0) is 49.0 Å². The number of para-hydroxylation sites is 1. The predicted octanol–water partition coefficient (Wildman–Crippen LogP) is 4.95. The first-order valence-corrected chi connectivity index (χ1v) is 11.3. The molecular weight excluding hydrogens is 410 g/mol. The van der Waals surface area contributed by atoms with Crippen molar-refractivity contribution in [1.82, 2.24) is 15.2 Å². The summed E-state index contributed by atoms with van der Waals surface area (Å²) in [4.78, 5) is 18.3. The summed E-state index contributed by atoms with van der Waals surface area (Å²) in [5, 5.41) is 4.20. The largest absolute Gasteiger partial charge is 0.489 e. The molecule has 0 aliphatic carbocycles. The third-order valence-electron chi connectivity index (χ3n) is 5.78. The fourth-order valence-corrected chi connectivity index (χ4v) is 4.03. The zero-order valence-electron chi connectivity index (χ0n) is 19.3. The molecule has 5 nitrogen and oxygen atoms in total. The van der Waals surface area contributed by atoms with Crippen molar-refractivity contribution in [3.8, 4) is 5.75 Å². The maximum Gasteiger partial charge on any atom is 0.220 e. The highest BCUT2D eigenvalue weighted by molar-refractivity contribution is 5.86. The van der Waals surface area contributed by atoms with Crippen LogP contribution in [0.1, 0.15) is 29.0 Å². The molecule has 0 spiro atoms. The van der Waals surface area contributed by atoms with Crippen LogP contribution < -0.4 is 10.1 Å². The highest BCUT2D eigenvalue weighted by Crippen LogP contribution is 2.34. The molecule has 33 heavy (non-hydrogen) atoms. The molecule has 170 valence electrons. The highest BCUT2D eigenvalue weighted by Gasteiger charge is 2.22. The molecule has 1 unspecified atom stereocenters. The summed E-state index contributed by atoms with van der Waals surface area (Å²) in [6.45, 7) is 1.95. The average molecular weight is 442 g/mol. The number of benzene rings is 3. The van der Waals surface area contributed by atoms with Gasteiger partial charge in [-0.2, -0.15) is 0 Å². The maximum atomic E-state index is 12.9. The second-order valence-corrected chi connectivity index (χ2v) is 8.55. The van der Waals surface area contributed by atoms with E-state index in [4.69, 9.17) is 4.74 Å². The number of hydrogen-bond acceptors (Lipinski definition) is 3. The van der Waals surface area contributed by atoms with Crippen LogP contribution >= 0.6 is 0 Å². The molecule has 2 N–H and O–H groups in total. The molecule has 0 saturated carbocycles. The molecule has 4 aromatic rings. The van der Waals surface area contributed by atoms with Gasteiger partial charge < -0.3 is 19.9 Å². The molecule has 0 aliphatic rings. The Bertz CT molecular complexity index is 1180. The maximum absolute atomic E-state index is 12.9. The van der Waals surface area contributed by atoms with Gasteiger partial charge in [-0.25, -0.2) is 0 Å². The number of nitrogens with zero attached hydrogens (tertiary/aromatic N) is 1. The number of hydrogen-bond donors (Lipinski definition) is 2. The Morgan fingerprint density at radius 1 is 1.00 bits per heavy atom. The Labute approximate surface area is 195 Å². The van der Waals surface area contributed by atoms with E-state index < -0.39 is 0 Å². The van der Waals surface area contributed by atoms with Crippen LogP contribution in [0.15, 0.2) is 85.1 Å². The second-order valence-electron chi connectivity index (χ2n) is 8.55. The molecule has 3 aromatic carbocycles. The number of H-pyrrole nitrogens is 1. The number of likely N-dealkylation sites (N-methyl/N-ethyl adjacent to an activating group) is 1. The van der Waals surface area contributed by atoms with Crippen LogP contribution in [-0.2, 0) is 11.4 Å². The van der Waals surface area contributed by atoms with Crippen LogP contribution in [0.25, 0.3) is 10.9 Å². The molecule has 0 saturated heterocycles. The van der Waals surface area contributed by atoms with E-state index in [-0.39, 0.29) is 11.8 Å².